The van der Waals surface area contributed by atoms with Crippen molar-refractivity contribution in [2.45, 2.75) is 6.54 Å². The summed E-state index contributed by atoms with van der Waals surface area (Å²) in [5, 5.41) is 3.91. The molecule has 0 bridgehead atoms. The number of rotatable bonds is 4. The van der Waals surface area contributed by atoms with Crippen LogP contribution in [0.25, 0.3) is 0 Å². The lowest BCUT2D eigenvalue weighted by Crippen LogP contribution is -2.16. The molecule has 0 aromatic heterocycles. The van der Waals surface area contributed by atoms with Crippen LogP contribution < -0.4 is 19.5 Å². The summed E-state index contributed by atoms with van der Waals surface area (Å²) in [6.45, 7) is 1.73. The van der Waals surface area contributed by atoms with E-state index >= 15 is 0 Å². The molecule has 3 rings (SSSR count). The summed E-state index contributed by atoms with van der Waals surface area (Å²) in [5.74, 6) is 2.16. The van der Waals surface area contributed by atoms with Crippen LogP contribution in [0.15, 0.2) is 36.4 Å². The van der Waals surface area contributed by atoms with Gasteiger partial charge in [-0.15, -0.1) is 0 Å². The normalized spacial score (nSPS) is 12.9. The number of methoxy groups -OCH3 is 1. The molecule has 0 atom stereocenters. The van der Waals surface area contributed by atoms with E-state index in [9.17, 15) is 0 Å². The van der Waals surface area contributed by atoms with Crippen LogP contribution in [-0.4, -0.2) is 20.3 Å². The van der Waals surface area contributed by atoms with Gasteiger partial charge in [0.25, 0.3) is 0 Å². The highest BCUT2D eigenvalue weighted by Gasteiger charge is 2.16. The summed E-state index contributed by atoms with van der Waals surface area (Å²) in [7, 11) is 1.65. The second-order valence-corrected chi connectivity index (χ2v) is 5.09. The largest absolute Gasteiger partial charge is 0.497 e. The third-order valence-electron chi connectivity index (χ3n) is 3.22. The molecule has 0 saturated heterocycles. The van der Waals surface area contributed by atoms with E-state index in [-0.39, 0.29) is 0 Å². The minimum Gasteiger partial charge on any atom is -0.497 e. The lowest BCUT2D eigenvalue weighted by Gasteiger charge is -2.20. The smallest absolute Gasteiger partial charge is 0.179 e. The predicted molar refractivity (Wildman–Crippen MR) is 82.8 cm³/mol. The molecule has 0 radical (unpaired) electrons. The number of benzene rings is 2. The summed E-state index contributed by atoms with van der Waals surface area (Å²) in [6, 6.07) is 11.6. The lowest BCUT2D eigenvalue weighted by atomic mass is 10.2. The zero-order valence-corrected chi connectivity index (χ0v) is 12.4. The molecule has 0 unspecified atom stereocenters. The molecule has 2 aromatic carbocycles. The van der Waals surface area contributed by atoms with Gasteiger partial charge in [-0.1, -0.05) is 17.7 Å². The first-order chi connectivity index (χ1) is 10.3. The van der Waals surface area contributed by atoms with Gasteiger partial charge in [0, 0.05) is 18.3 Å². The molecular weight excluding hydrogens is 290 g/mol. The topological polar surface area (TPSA) is 39.7 Å². The molecular formula is C16H16ClNO3. The van der Waals surface area contributed by atoms with Crippen LogP contribution in [0.5, 0.6) is 17.2 Å². The molecule has 1 aliphatic heterocycles. The Kier molecular flexibility index (Phi) is 4.06. The van der Waals surface area contributed by atoms with Gasteiger partial charge in [0.15, 0.2) is 11.5 Å². The van der Waals surface area contributed by atoms with Gasteiger partial charge in [0.1, 0.15) is 19.0 Å². The average molecular weight is 306 g/mol. The van der Waals surface area contributed by atoms with Crippen molar-refractivity contribution >= 4 is 17.3 Å². The minimum atomic E-state index is 0.536. The Labute approximate surface area is 128 Å². The van der Waals surface area contributed by atoms with Crippen molar-refractivity contribution < 1.29 is 14.2 Å². The van der Waals surface area contributed by atoms with E-state index in [1.54, 1.807) is 7.11 Å². The van der Waals surface area contributed by atoms with Crippen molar-refractivity contribution in [3.05, 3.63) is 47.0 Å². The summed E-state index contributed by atoms with van der Waals surface area (Å²) < 4.78 is 16.3. The van der Waals surface area contributed by atoms with Crippen molar-refractivity contribution in [1.29, 1.82) is 0 Å². The summed E-state index contributed by atoms with van der Waals surface area (Å²) in [6.07, 6.45) is 0. The number of hydrogen-bond acceptors (Lipinski definition) is 4. The highest BCUT2D eigenvalue weighted by atomic mass is 35.5. The Morgan fingerprint density at radius 2 is 2.05 bits per heavy atom. The van der Waals surface area contributed by atoms with E-state index < -0.39 is 0 Å². The molecule has 0 spiro atoms. The number of anilines is 1. The molecule has 4 nitrogen and oxygen atoms in total. The second-order valence-electron chi connectivity index (χ2n) is 4.69. The molecule has 0 saturated carbocycles. The highest BCUT2D eigenvalue weighted by Crippen LogP contribution is 2.38. The van der Waals surface area contributed by atoms with Crippen molar-refractivity contribution in [2.75, 3.05) is 25.6 Å². The van der Waals surface area contributed by atoms with E-state index in [4.69, 9.17) is 25.8 Å². The third kappa shape index (κ3) is 3.16. The first-order valence-electron chi connectivity index (χ1n) is 6.72. The standard InChI is InChI=1S/C16H16ClNO3/c1-19-13-4-2-3-12(9-13)18-10-11-7-14(17)16-15(8-11)20-5-6-21-16/h2-4,7-9,18H,5-6,10H2,1H3. The second kappa shape index (κ2) is 6.14. The summed E-state index contributed by atoms with van der Waals surface area (Å²) in [5.41, 5.74) is 2.02. The Morgan fingerprint density at radius 3 is 2.90 bits per heavy atom. The molecule has 1 aliphatic rings. The zero-order valence-electron chi connectivity index (χ0n) is 11.7. The maximum Gasteiger partial charge on any atom is 0.179 e. The predicted octanol–water partition coefficient (Wildman–Crippen LogP) is 3.73. The van der Waals surface area contributed by atoms with Gasteiger partial charge < -0.3 is 19.5 Å². The third-order valence-corrected chi connectivity index (χ3v) is 3.50. The van der Waals surface area contributed by atoms with Crippen molar-refractivity contribution in [1.82, 2.24) is 0 Å². The van der Waals surface area contributed by atoms with Crippen LogP contribution >= 0.6 is 11.6 Å². The fourth-order valence-electron chi connectivity index (χ4n) is 2.20. The SMILES string of the molecule is COc1cccc(NCc2cc(Cl)c3c(c2)OCCO3)c1. The van der Waals surface area contributed by atoms with E-state index in [0.717, 1.165) is 17.0 Å². The van der Waals surface area contributed by atoms with Gasteiger partial charge in [-0.05, 0) is 29.8 Å². The molecule has 1 N–H and O–H groups in total. The molecule has 0 amide bonds. The molecule has 110 valence electrons. The number of fused-ring (bicyclic) bond motifs is 1. The minimum absolute atomic E-state index is 0.536. The summed E-state index contributed by atoms with van der Waals surface area (Å²) >= 11 is 6.22. The number of halogens is 1. The molecule has 5 heteroatoms. The molecule has 21 heavy (non-hydrogen) atoms. The van der Waals surface area contributed by atoms with Gasteiger partial charge in [-0.3, -0.25) is 0 Å². The van der Waals surface area contributed by atoms with Crippen LogP contribution in [0.2, 0.25) is 5.02 Å². The monoisotopic (exact) mass is 305 g/mol. The zero-order chi connectivity index (χ0) is 14.7. The Hall–Kier alpha value is -2.07. The maximum atomic E-state index is 6.22. The first kappa shape index (κ1) is 13.9. The molecule has 0 aliphatic carbocycles. The lowest BCUT2D eigenvalue weighted by molar-refractivity contribution is 0.171. The van der Waals surface area contributed by atoms with Gasteiger partial charge in [-0.25, -0.2) is 0 Å². The van der Waals surface area contributed by atoms with Gasteiger partial charge in [0.05, 0.1) is 12.1 Å². The van der Waals surface area contributed by atoms with Gasteiger partial charge >= 0.3 is 0 Å². The van der Waals surface area contributed by atoms with Gasteiger partial charge in [-0.2, -0.15) is 0 Å². The Bertz CT molecular complexity index is 645. The summed E-state index contributed by atoms with van der Waals surface area (Å²) in [4.78, 5) is 0. The highest BCUT2D eigenvalue weighted by molar-refractivity contribution is 6.32. The molecule has 1 heterocycles. The van der Waals surface area contributed by atoms with Crippen LogP contribution in [0.1, 0.15) is 5.56 Å². The van der Waals surface area contributed by atoms with Crippen LogP contribution in [0, 0.1) is 0 Å². The van der Waals surface area contributed by atoms with Crippen molar-refractivity contribution in [2.24, 2.45) is 0 Å². The molecule has 0 fully saturated rings. The van der Waals surface area contributed by atoms with Crippen molar-refractivity contribution in [3.8, 4) is 17.2 Å². The fraction of sp³-hybridized carbons (Fsp3) is 0.250. The molecule has 2 aromatic rings. The van der Waals surface area contributed by atoms with Crippen LogP contribution in [0.4, 0.5) is 5.69 Å². The number of hydrogen-bond donors (Lipinski definition) is 1. The van der Waals surface area contributed by atoms with E-state index in [1.165, 1.54) is 0 Å². The Morgan fingerprint density at radius 1 is 1.19 bits per heavy atom. The van der Waals surface area contributed by atoms with E-state index in [0.29, 0.717) is 36.3 Å². The van der Waals surface area contributed by atoms with Crippen molar-refractivity contribution in [3.63, 3.8) is 0 Å². The Balaban J connectivity index is 1.74. The average Bonchev–Trinajstić information content (AvgIpc) is 2.53. The number of ether oxygens (including phenoxy) is 3. The van der Waals surface area contributed by atoms with Gasteiger partial charge in [0.2, 0.25) is 0 Å². The van der Waals surface area contributed by atoms with E-state index in [1.807, 2.05) is 36.4 Å². The van der Waals surface area contributed by atoms with Crippen LogP contribution in [0.3, 0.4) is 0 Å². The first-order valence-corrected chi connectivity index (χ1v) is 7.10. The fourth-order valence-corrected chi connectivity index (χ4v) is 2.49. The van der Waals surface area contributed by atoms with Crippen LogP contribution in [-0.2, 0) is 6.54 Å². The quantitative estimate of drug-likeness (QED) is 0.934. The maximum absolute atomic E-state index is 6.22. The number of nitrogens with one attached hydrogen (secondary N) is 1. The van der Waals surface area contributed by atoms with E-state index in [2.05, 4.69) is 5.32 Å².